The van der Waals surface area contributed by atoms with Crippen LogP contribution in [0.2, 0.25) is 0 Å². The van der Waals surface area contributed by atoms with Gasteiger partial charge >= 0.3 is 17.9 Å². The zero-order chi connectivity index (χ0) is 14.8. The van der Waals surface area contributed by atoms with Gasteiger partial charge in [-0.15, -0.1) is 0 Å². The maximum atomic E-state index is 5.18. The van der Waals surface area contributed by atoms with E-state index < -0.39 is 17.9 Å². The Balaban J connectivity index is 0.000000678. The van der Waals surface area contributed by atoms with Gasteiger partial charge in [-0.2, -0.15) is 0 Å². The molecule has 9 heteroatoms. The average molecular weight is 313 g/mol. The Morgan fingerprint density at radius 1 is 0.526 bits per heavy atom. The lowest BCUT2D eigenvalue weighted by Crippen LogP contribution is -2.71. The monoisotopic (exact) mass is 313 g/mol. The molecule has 1 fully saturated rings. The molecule has 1 aliphatic rings. The minimum Gasteiger partial charge on any atom is -0.365 e. The van der Waals surface area contributed by atoms with E-state index in [0.717, 1.165) is 0 Å². The van der Waals surface area contributed by atoms with Crippen molar-refractivity contribution in [2.45, 2.75) is 25.7 Å². The molecule has 0 bridgehead atoms. The van der Waals surface area contributed by atoms with E-state index in [9.17, 15) is 0 Å². The normalized spacial score (nSPS) is 15.5. The van der Waals surface area contributed by atoms with Crippen LogP contribution in [0.25, 0.3) is 0 Å². The van der Waals surface area contributed by atoms with Crippen LogP contribution in [0.4, 0.5) is 0 Å². The Kier molecular flexibility index (Phi) is 10.0. The van der Waals surface area contributed by atoms with Crippen LogP contribution < -0.4 is 4.65 Å². The molecule has 0 saturated heterocycles. The standard InChI is InChI=1S/C6H19NO6Si2.C4H8/c1-8-14(9-2,10-3)7-15(11-4,12-5)13-6;1-2-4-3-1/h7H,1-6H3;1-4H2. The molecule has 19 heavy (non-hydrogen) atoms. The van der Waals surface area contributed by atoms with Gasteiger partial charge in [0.1, 0.15) is 0 Å². The summed E-state index contributed by atoms with van der Waals surface area (Å²) in [4.78, 5) is 0. The van der Waals surface area contributed by atoms with E-state index in [1.165, 1.54) is 68.3 Å². The fourth-order valence-electron chi connectivity index (χ4n) is 1.24. The molecule has 0 aromatic carbocycles. The second-order valence-corrected chi connectivity index (χ2v) is 9.55. The average Bonchev–Trinajstić information content (AvgIpc) is 2.40. The van der Waals surface area contributed by atoms with Crippen LogP contribution >= 0.6 is 0 Å². The smallest absolute Gasteiger partial charge is 0.365 e. The van der Waals surface area contributed by atoms with Gasteiger partial charge < -0.3 is 26.6 Å². The van der Waals surface area contributed by atoms with E-state index in [0.29, 0.717) is 0 Å². The molecule has 0 unspecified atom stereocenters. The van der Waals surface area contributed by atoms with Crippen molar-refractivity contribution in [1.29, 1.82) is 0 Å². The van der Waals surface area contributed by atoms with Crippen LogP contribution in [0.1, 0.15) is 25.7 Å². The predicted molar refractivity (Wildman–Crippen MR) is 75.2 cm³/mol. The summed E-state index contributed by atoms with van der Waals surface area (Å²) in [6, 6.07) is 0. The third kappa shape index (κ3) is 5.98. The lowest BCUT2D eigenvalue weighted by molar-refractivity contribution is 0.0782. The lowest BCUT2D eigenvalue weighted by atomic mass is 10.0. The highest BCUT2D eigenvalue weighted by molar-refractivity contribution is 6.75. The second-order valence-electron chi connectivity index (χ2n) is 3.88. The summed E-state index contributed by atoms with van der Waals surface area (Å²) in [5.41, 5.74) is 0. The first kappa shape index (κ1) is 19.2. The SMILES string of the molecule is C1CCC1.CO[Si](N[Si](OC)(OC)OC)(OC)OC. The molecular weight excluding hydrogens is 286 g/mol. The Labute approximate surface area is 118 Å². The quantitative estimate of drug-likeness (QED) is 0.667. The summed E-state index contributed by atoms with van der Waals surface area (Å²) in [6.07, 6.45) is 6.00. The van der Waals surface area contributed by atoms with Crippen molar-refractivity contribution in [3.8, 4) is 0 Å². The fourth-order valence-corrected chi connectivity index (χ4v) is 6.19. The lowest BCUT2D eigenvalue weighted by Gasteiger charge is -2.32. The summed E-state index contributed by atoms with van der Waals surface area (Å²) in [6.45, 7) is 0. The molecule has 1 rings (SSSR count). The first-order valence-electron chi connectivity index (χ1n) is 6.17. The molecular formula is C10H27NO6Si2. The van der Waals surface area contributed by atoms with Crippen molar-refractivity contribution < 1.29 is 26.6 Å². The summed E-state index contributed by atoms with van der Waals surface area (Å²) >= 11 is 0. The largest absolute Gasteiger partial charge is 0.594 e. The molecule has 0 aromatic heterocycles. The van der Waals surface area contributed by atoms with Gasteiger partial charge in [0.2, 0.25) is 0 Å². The van der Waals surface area contributed by atoms with E-state index in [1.54, 1.807) is 0 Å². The van der Waals surface area contributed by atoms with Crippen molar-refractivity contribution in [2.75, 3.05) is 42.7 Å². The molecule has 0 heterocycles. The Morgan fingerprint density at radius 3 is 0.842 bits per heavy atom. The van der Waals surface area contributed by atoms with Gasteiger partial charge in [-0.25, -0.2) is 4.65 Å². The molecule has 0 aromatic rings. The Morgan fingerprint density at radius 2 is 0.737 bits per heavy atom. The Hall–Kier alpha value is 0.154. The van der Waals surface area contributed by atoms with Crippen LogP contribution in [0.3, 0.4) is 0 Å². The van der Waals surface area contributed by atoms with E-state index in [2.05, 4.69) is 4.65 Å². The van der Waals surface area contributed by atoms with Gasteiger partial charge in [-0.3, -0.25) is 0 Å². The van der Waals surface area contributed by atoms with E-state index in [4.69, 9.17) is 26.6 Å². The van der Waals surface area contributed by atoms with Crippen LogP contribution in [0.15, 0.2) is 0 Å². The first-order valence-corrected chi connectivity index (χ1v) is 9.62. The van der Waals surface area contributed by atoms with Crippen molar-refractivity contribution in [3.05, 3.63) is 0 Å². The molecule has 0 atom stereocenters. The van der Waals surface area contributed by atoms with Crippen molar-refractivity contribution in [1.82, 2.24) is 4.65 Å². The molecule has 1 aliphatic carbocycles. The molecule has 0 aliphatic heterocycles. The fraction of sp³-hybridized carbons (Fsp3) is 1.00. The van der Waals surface area contributed by atoms with Crippen LogP contribution in [0.5, 0.6) is 0 Å². The molecule has 7 nitrogen and oxygen atoms in total. The van der Waals surface area contributed by atoms with Gasteiger partial charge in [0.15, 0.2) is 0 Å². The third-order valence-electron chi connectivity index (χ3n) is 2.92. The molecule has 1 N–H and O–H groups in total. The topological polar surface area (TPSA) is 67.4 Å². The van der Waals surface area contributed by atoms with E-state index in [-0.39, 0.29) is 0 Å². The number of nitrogens with one attached hydrogen (secondary N) is 1. The van der Waals surface area contributed by atoms with Gasteiger partial charge in [0, 0.05) is 42.7 Å². The maximum absolute atomic E-state index is 5.18. The minimum absolute atomic E-state index is 1.48. The molecule has 0 radical (unpaired) electrons. The maximum Gasteiger partial charge on any atom is 0.594 e. The molecule has 0 amide bonds. The zero-order valence-electron chi connectivity index (χ0n) is 12.8. The van der Waals surface area contributed by atoms with Gasteiger partial charge in [-0.05, 0) is 0 Å². The highest BCUT2D eigenvalue weighted by atomic mass is 28.5. The van der Waals surface area contributed by atoms with E-state index in [1.807, 2.05) is 0 Å². The summed E-state index contributed by atoms with van der Waals surface area (Å²) in [5.74, 6) is 0. The van der Waals surface area contributed by atoms with Crippen molar-refractivity contribution >= 4 is 17.9 Å². The highest BCUT2D eigenvalue weighted by Crippen LogP contribution is 2.15. The molecule has 1 saturated carbocycles. The van der Waals surface area contributed by atoms with Crippen LogP contribution in [-0.2, 0) is 26.6 Å². The van der Waals surface area contributed by atoms with E-state index >= 15 is 0 Å². The number of hydrogen-bond acceptors (Lipinski definition) is 7. The number of rotatable bonds is 8. The van der Waals surface area contributed by atoms with Gasteiger partial charge in [0.25, 0.3) is 0 Å². The van der Waals surface area contributed by atoms with Crippen LogP contribution in [-0.4, -0.2) is 60.6 Å². The summed E-state index contributed by atoms with van der Waals surface area (Å²) in [5, 5.41) is 0. The molecule has 0 spiro atoms. The first-order chi connectivity index (χ1) is 9.07. The van der Waals surface area contributed by atoms with Gasteiger partial charge in [0.05, 0.1) is 0 Å². The summed E-state index contributed by atoms with van der Waals surface area (Å²) < 4.78 is 34.0. The minimum atomic E-state index is -2.98. The highest BCUT2D eigenvalue weighted by Gasteiger charge is 2.53. The van der Waals surface area contributed by atoms with Crippen molar-refractivity contribution in [2.24, 2.45) is 0 Å². The summed E-state index contributed by atoms with van der Waals surface area (Å²) in [7, 11) is 2.91. The zero-order valence-corrected chi connectivity index (χ0v) is 14.8. The number of hydrogen-bond donors (Lipinski definition) is 1. The Bertz CT molecular complexity index is 184. The third-order valence-corrected chi connectivity index (χ3v) is 8.59. The van der Waals surface area contributed by atoms with Crippen LogP contribution in [0, 0.1) is 0 Å². The van der Waals surface area contributed by atoms with Gasteiger partial charge in [-0.1, -0.05) is 25.7 Å². The van der Waals surface area contributed by atoms with Crippen molar-refractivity contribution in [3.63, 3.8) is 0 Å². The predicted octanol–water partition coefficient (Wildman–Crippen LogP) is 0.886. The second kappa shape index (κ2) is 9.96. The molecule has 116 valence electrons.